The molecular weight excluding hydrogens is 216 g/mol. The van der Waals surface area contributed by atoms with Gasteiger partial charge in [-0.15, -0.1) is 0 Å². The monoisotopic (exact) mass is 238 g/mol. The maximum absolute atomic E-state index is 11.8. The van der Waals surface area contributed by atoms with Crippen LogP contribution in [0.2, 0.25) is 0 Å². The maximum Gasteiger partial charge on any atom is 0.222 e. The molecular formula is C12H22N4O. The van der Waals surface area contributed by atoms with Gasteiger partial charge in [-0.2, -0.15) is 5.26 Å². The average Bonchev–Trinajstić information content (AvgIpc) is 2.37. The van der Waals surface area contributed by atoms with Gasteiger partial charge in [0.25, 0.3) is 0 Å². The molecule has 0 atom stereocenters. The third-order valence-corrected chi connectivity index (χ3v) is 3.11. The molecule has 0 saturated carbocycles. The minimum atomic E-state index is 0.249. The highest BCUT2D eigenvalue weighted by Gasteiger charge is 2.19. The highest BCUT2D eigenvalue weighted by atomic mass is 16.2. The predicted molar refractivity (Wildman–Crippen MR) is 66.2 cm³/mol. The second kappa shape index (κ2) is 8.04. The fourth-order valence-electron chi connectivity index (χ4n) is 2.01. The SMILES string of the molecule is N#CCCN1CCN(C(=O)CCCCN)CC1. The number of nitriles is 1. The molecule has 1 fully saturated rings. The lowest BCUT2D eigenvalue weighted by Crippen LogP contribution is -2.48. The van der Waals surface area contributed by atoms with E-state index in [1.165, 1.54) is 0 Å². The van der Waals surface area contributed by atoms with E-state index < -0.39 is 0 Å². The van der Waals surface area contributed by atoms with E-state index in [9.17, 15) is 4.79 Å². The van der Waals surface area contributed by atoms with Crippen molar-refractivity contribution in [1.82, 2.24) is 9.80 Å². The van der Waals surface area contributed by atoms with Gasteiger partial charge >= 0.3 is 0 Å². The van der Waals surface area contributed by atoms with Crippen molar-refractivity contribution in [3.05, 3.63) is 0 Å². The normalized spacial score (nSPS) is 16.8. The first-order valence-corrected chi connectivity index (χ1v) is 6.35. The van der Waals surface area contributed by atoms with E-state index in [1.54, 1.807) is 0 Å². The Hall–Kier alpha value is -1.12. The summed E-state index contributed by atoms with van der Waals surface area (Å²) >= 11 is 0. The molecule has 17 heavy (non-hydrogen) atoms. The number of carbonyl (C=O) groups excluding carboxylic acids is 1. The molecule has 2 N–H and O–H groups in total. The Morgan fingerprint density at radius 3 is 2.53 bits per heavy atom. The molecule has 0 aromatic heterocycles. The minimum absolute atomic E-state index is 0.249. The molecule has 1 rings (SSSR count). The van der Waals surface area contributed by atoms with Gasteiger partial charge in [-0.25, -0.2) is 0 Å². The van der Waals surface area contributed by atoms with Gasteiger partial charge in [-0.1, -0.05) is 0 Å². The molecule has 0 unspecified atom stereocenters. The van der Waals surface area contributed by atoms with Crippen molar-refractivity contribution in [2.75, 3.05) is 39.3 Å². The average molecular weight is 238 g/mol. The highest BCUT2D eigenvalue weighted by molar-refractivity contribution is 5.76. The van der Waals surface area contributed by atoms with Gasteiger partial charge in [0.2, 0.25) is 5.91 Å². The largest absolute Gasteiger partial charge is 0.340 e. The summed E-state index contributed by atoms with van der Waals surface area (Å²) in [6.45, 7) is 4.87. The van der Waals surface area contributed by atoms with Crippen molar-refractivity contribution >= 4 is 5.91 Å². The van der Waals surface area contributed by atoms with Gasteiger partial charge in [0.1, 0.15) is 0 Å². The molecule has 1 aliphatic rings. The summed E-state index contributed by atoms with van der Waals surface area (Å²) in [6, 6.07) is 2.15. The lowest BCUT2D eigenvalue weighted by atomic mass is 10.2. The summed E-state index contributed by atoms with van der Waals surface area (Å²) in [6.07, 6.45) is 3.01. The molecule has 0 aromatic rings. The lowest BCUT2D eigenvalue weighted by molar-refractivity contribution is -0.133. The number of nitrogens with zero attached hydrogens (tertiary/aromatic N) is 3. The Kier molecular flexibility index (Phi) is 6.60. The van der Waals surface area contributed by atoms with Crippen molar-refractivity contribution in [3.8, 4) is 6.07 Å². The standard InChI is InChI=1S/C12H22N4O/c13-5-2-1-4-12(17)16-10-8-15(9-11-16)7-3-6-14/h1-5,7-11,13H2. The zero-order valence-corrected chi connectivity index (χ0v) is 10.4. The minimum Gasteiger partial charge on any atom is -0.340 e. The number of amides is 1. The number of piperazine rings is 1. The molecule has 1 saturated heterocycles. The molecule has 0 radical (unpaired) electrons. The lowest BCUT2D eigenvalue weighted by Gasteiger charge is -2.34. The van der Waals surface area contributed by atoms with Crippen LogP contribution in [0.25, 0.3) is 0 Å². The van der Waals surface area contributed by atoms with Gasteiger partial charge in [-0.05, 0) is 19.4 Å². The predicted octanol–water partition coefficient (Wildman–Crippen LogP) is 0.173. The molecule has 0 aromatic carbocycles. The van der Waals surface area contributed by atoms with Crippen LogP contribution in [-0.2, 0) is 4.79 Å². The third kappa shape index (κ3) is 5.16. The van der Waals surface area contributed by atoms with Crippen LogP contribution in [0, 0.1) is 11.3 Å². The van der Waals surface area contributed by atoms with Crippen LogP contribution in [0.4, 0.5) is 0 Å². The van der Waals surface area contributed by atoms with E-state index in [0.29, 0.717) is 19.4 Å². The zero-order valence-electron chi connectivity index (χ0n) is 10.4. The Labute approximate surface area is 103 Å². The van der Waals surface area contributed by atoms with Crippen LogP contribution in [0.5, 0.6) is 0 Å². The summed E-state index contributed by atoms with van der Waals surface area (Å²) in [5.41, 5.74) is 5.40. The first-order chi connectivity index (χ1) is 8.27. The highest BCUT2D eigenvalue weighted by Crippen LogP contribution is 2.06. The van der Waals surface area contributed by atoms with E-state index in [0.717, 1.165) is 45.6 Å². The quantitative estimate of drug-likeness (QED) is 0.670. The number of nitrogens with two attached hydrogens (primary N) is 1. The van der Waals surface area contributed by atoms with E-state index in [-0.39, 0.29) is 5.91 Å². The van der Waals surface area contributed by atoms with Crippen molar-refractivity contribution in [2.45, 2.75) is 25.7 Å². The molecule has 0 spiro atoms. The molecule has 5 heteroatoms. The van der Waals surface area contributed by atoms with Gasteiger partial charge in [0.15, 0.2) is 0 Å². The van der Waals surface area contributed by atoms with Crippen molar-refractivity contribution in [1.29, 1.82) is 5.26 Å². The van der Waals surface area contributed by atoms with Crippen LogP contribution < -0.4 is 5.73 Å². The third-order valence-electron chi connectivity index (χ3n) is 3.11. The fourth-order valence-corrected chi connectivity index (χ4v) is 2.01. The summed E-state index contributed by atoms with van der Waals surface area (Å²) in [5.74, 6) is 0.249. The smallest absolute Gasteiger partial charge is 0.222 e. The number of carbonyl (C=O) groups is 1. The van der Waals surface area contributed by atoms with Crippen molar-refractivity contribution < 1.29 is 4.79 Å². The van der Waals surface area contributed by atoms with E-state index in [1.807, 2.05) is 4.90 Å². The first-order valence-electron chi connectivity index (χ1n) is 6.35. The summed E-state index contributed by atoms with van der Waals surface area (Å²) in [7, 11) is 0. The molecule has 96 valence electrons. The number of unbranched alkanes of at least 4 members (excludes halogenated alkanes) is 1. The Bertz CT molecular complexity index is 266. The van der Waals surface area contributed by atoms with Gasteiger partial charge < -0.3 is 10.6 Å². The zero-order chi connectivity index (χ0) is 12.5. The van der Waals surface area contributed by atoms with E-state index in [2.05, 4.69) is 11.0 Å². The van der Waals surface area contributed by atoms with Crippen LogP contribution in [0.3, 0.4) is 0 Å². The Balaban J connectivity index is 2.17. The van der Waals surface area contributed by atoms with Crippen LogP contribution >= 0.6 is 0 Å². The molecule has 0 aliphatic carbocycles. The molecule has 5 nitrogen and oxygen atoms in total. The van der Waals surface area contributed by atoms with Crippen LogP contribution in [0.1, 0.15) is 25.7 Å². The first kappa shape index (κ1) is 13.9. The summed E-state index contributed by atoms with van der Waals surface area (Å²) < 4.78 is 0. The topological polar surface area (TPSA) is 73.4 Å². The number of rotatable bonds is 6. The second-order valence-electron chi connectivity index (χ2n) is 4.38. The molecule has 0 bridgehead atoms. The molecule has 1 heterocycles. The van der Waals surface area contributed by atoms with Gasteiger partial charge in [0, 0.05) is 45.6 Å². The summed E-state index contributed by atoms with van der Waals surface area (Å²) in [4.78, 5) is 16.0. The summed E-state index contributed by atoms with van der Waals surface area (Å²) in [5, 5.41) is 8.51. The maximum atomic E-state index is 11.8. The van der Waals surface area contributed by atoms with Gasteiger partial charge in [0.05, 0.1) is 6.07 Å². The number of hydrogen-bond donors (Lipinski definition) is 1. The van der Waals surface area contributed by atoms with E-state index in [4.69, 9.17) is 11.0 Å². The second-order valence-corrected chi connectivity index (χ2v) is 4.38. The van der Waals surface area contributed by atoms with Crippen LogP contribution in [0.15, 0.2) is 0 Å². The Morgan fingerprint density at radius 1 is 1.24 bits per heavy atom. The van der Waals surface area contributed by atoms with Gasteiger partial charge in [-0.3, -0.25) is 9.69 Å². The van der Waals surface area contributed by atoms with E-state index >= 15 is 0 Å². The Morgan fingerprint density at radius 2 is 1.94 bits per heavy atom. The number of hydrogen-bond acceptors (Lipinski definition) is 4. The molecule has 1 amide bonds. The van der Waals surface area contributed by atoms with Crippen LogP contribution in [-0.4, -0.2) is 55.0 Å². The van der Waals surface area contributed by atoms with Crippen molar-refractivity contribution in [2.24, 2.45) is 5.73 Å². The fraction of sp³-hybridized carbons (Fsp3) is 0.833. The molecule has 1 aliphatic heterocycles. The van der Waals surface area contributed by atoms with Crippen molar-refractivity contribution in [3.63, 3.8) is 0 Å².